The van der Waals surface area contributed by atoms with E-state index in [4.69, 9.17) is 18.9 Å². The molecule has 0 spiro atoms. The van der Waals surface area contributed by atoms with Gasteiger partial charge in [0.25, 0.3) is 0 Å². The number of aliphatic hydroxyl groups is 1. The monoisotopic (exact) mass is 373 g/mol. The third kappa shape index (κ3) is 4.25. The number of nitrogens with one attached hydrogen (secondary N) is 1. The van der Waals surface area contributed by atoms with Gasteiger partial charge in [-0.25, -0.2) is 0 Å². The highest BCUT2D eigenvalue weighted by atomic mass is 16.7. The van der Waals surface area contributed by atoms with Crippen molar-refractivity contribution in [2.45, 2.75) is 19.4 Å². The van der Waals surface area contributed by atoms with Crippen molar-refractivity contribution in [2.75, 3.05) is 27.6 Å². The first-order valence-electron chi connectivity index (χ1n) is 8.65. The van der Waals surface area contributed by atoms with Crippen LogP contribution < -0.4 is 24.3 Å². The van der Waals surface area contributed by atoms with Crippen molar-refractivity contribution in [3.63, 3.8) is 0 Å². The molecule has 1 aliphatic heterocycles. The lowest BCUT2D eigenvalue weighted by molar-refractivity contribution is -0.120. The summed E-state index contributed by atoms with van der Waals surface area (Å²) in [6.07, 6.45) is 0.832. The van der Waals surface area contributed by atoms with Gasteiger partial charge < -0.3 is 29.4 Å². The van der Waals surface area contributed by atoms with E-state index in [9.17, 15) is 9.90 Å². The number of amides is 1. The summed E-state index contributed by atoms with van der Waals surface area (Å²) in [5.74, 6) is 2.33. The van der Waals surface area contributed by atoms with Crippen molar-refractivity contribution in [2.24, 2.45) is 0 Å². The number of carbonyl (C=O) groups excluding carboxylic acids is 1. The van der Waals surface area contributed by atoms with Crippen LogP contribution in [0.25, 0.3) is 0 Å². The molecule has 0 aliphatic carbocycles. The molecule has 3 rings (SSSR count). The number of methoxy groups -OCH3 is 2. The van der Waals surface area contributed by atoms with Gasteiger partial charge in [0.2, 0.25) is 12.7 Å². The highest BCUT2D eigenvalue weighted by Crippen LogP contribution is 2.37. The number of benzene rings is 2. The summed E-state index contributed by atoms with van der Waals surface area (Å²) in [5.41, 5.74) is 2.36. The molecule has 2 N–H and O–H groups in total. The molecule has 2 aromatic rings. The van der Waals surface area contributed by atoms with Crippen molar-refractivity contribution in [1.82, 2.24) is 5.32 Å². The molecule has 0 fully saturated rings. The highest BCUT2D eigenvalue weighted by Gasteiger charge is 2.21. The molecule has 7 heteroatoms. The summed E-state index contributed by atoms with van der Waals surface area (Å²) in [5, 5.41) is 12.5. The first kappa shape index (κ1) is 18.8. The predicted octanol–water partition coefficient (Wildman–Crippen LogP) is 1.83. The number of ether oxygens (including phenoxy) is 4. The molecule has 7 nitrogen and oxygen atoms in total. The molecular weight excluding hydrogens is 350 g/mol. The maximum atomic E-state index is 12.3. The Morgan fingerprint density at radius 2 is 1.96 bits per heavy atom. The van der Waals surface area contributed by atoms with Crippen molar-refractivity contribution < 1.29 is 28.8 Å². The zero-order valence-electron chi connectivity index (χ0n) is 15.4. The van der Waals surface area contributed by atoms with Crippen LogP contribution in [-0.2, 0) is 24.2 Å². The minimum Gasteiger partial charge on any atom is -0.493 e. The zero-order chi connectivity index (χ0) is 19.2. The molecule has 0 atom stereocenters. The first-order chi connectivity index (χ1) is 13.2. The maximum Gasteiger partial charge on any atom is 0.231 e. The topological polar surface area (TPSA) is 86.3 Å². The van der Waals surface area contributed by atoms with Gasteiger partial charge >= 0.3 is 0 Å². The van der Waals surface area contributed by atoms with Crippen LogP contribution in [-0.4, -0.2) is 38.6 Å². The number of aliphatic hydroxyl groups excluding tert-OH is 1. The maximum absolute atomic E-state index is 12.3. The number of hydrogen-bond acceptors (Lipinski definition) is 6. The standard InChI is InChI=1S/C20H23NO6/c1-24-16-5-3-13(9-18(16)25-2)7-8-21-19(23)10-14-4-6-17-20(15(14)11-22)27-12-26-17/h3-6,9,22H,7-8,10-12H2,1-2H3,(H,21,23). The SMILES string of the molecule is COc1ccc(CCNC(=O)Cc2ccc3c(c2CO)OCO3)cc1OC. The molecule has 0 aromatic heterocycles. The van der Waals surface area contributed by atoms with E-state index >= 15 is 0 Å². The van der Waals surface area contributed by atoms with E-state index in [0.29, 0.717) is 41.5 Å². The average Bonchev–Trinajstić information content (AvgIpc) is 3.16. The summed E-state index contributed by atoms with van der Waals surface area (Å²) >= 11 is 0. The van der Waals surface area contributed by atoms with Crippen LogP contribution in [0.1, 0.15) is 16.7 Å². The third-order valence-electron chi connectivity index (χ3n) is 4.43. The molecule has 144 valence electrons. The van der Waals surface area contributed by atoms with Gasteiger partial charge in [-0.15, -0.1) is 0 Å². The largest absolute Gasteiger partial charge is 0.493 e. The highest BCUT2D eigenvalue weighted by molar-refractivity contribution is 5.79. The molecule has 0 saturated carbocycles. The molecule has 0 radical (unpaired) electrons. The second-order valence-electron chi connectivity index (χ2n) is 6.06. The molecule has 1 aliphatic rings. The fourth-order valence-electron chi connectivity index (χ4n) is 3.03. The Labute approximate surface area is 157 Å². The molecule has 27 heavy (non-hydrogen) atoms. The summed E-state index contributed by atoms with van der Waals surface area (Å²) in [6.45, 7) is 0.414. The lowest BCUT2D eigenvalue weighted by Crippen LogP contribution is -2.27. The van der Waals surface area contributed by atoms with E-state index in [0.717, 1.165) is 11.1 Å². The summed E-state index contributed by atoms with van der Waals surface area (Å²) in [4.78, 5) is 12.3. The first-order valence-corrected chi connectivity index (χ1v) is 8.65. The number of hydrogen-bond donors (Lipinski definition) is 2. The van der Waals surface area contributed by atoms with Crippen molar-refractivity contribution in [3.8, 4) is 23.0 Å². The van der Waals surface area contributed by atoms with E-state index in [1.54, 1.807) is 26.4 Å². The fraction of sp³-hybridized carbons (Fsp3) is 0.350. The summed E-state index contributed by atoms with van der Waals surface area (Å²) in [6, 6.07) is 9.22. The minimum atomic E-state index is -0.208. The van der Waals surface area contributed by atoms with Gasteiger partial charge in [0.1, 0.15) is 0 Å². The summed E-state index contributed by atoms with van der Waals surface area (Å²) < 4.78 is 21.2. The van der Waals surface area contributed by atoms with Crippen LogP contribution in [0.3, 0.4) is 0 Å². The van der Waals surface area contributed by atoms with Crippen molar-refractivity contribution >= 4 is 5.91 Å². The quantitative estimate of drug-likeness (QED) is 0.734. The lowest BCUT2D eigenvalue weighted by atomic mass is 10.0. The fourth-order valence-corrected chi connectivity index (χ4v) is 3.03. The Bertz CT molecular complexity index is 820. The molecule has 0 bridgehead atoms. The van der Waals surface area contributed by atoms with Crippen LogP contribution in [0.5, 0.6) is 23.0 Å². The lowest BCUT2D eigenvalue weighted by Gasteiger charge is -2.12. The van der Waals surface area contributed by atoms with E-state index in [1.165, 1.54) is 0 Å². The van der Waals surface area contributed by atoms with Gasteiger partial charge in [0.15, 0.2) is 23.0 Å². The molecule has 0 saturated heterocycles. The van der Waals surface area contributed by atoms with Crippen LogP contribution in [0, 0.1) is 0 Å². The smallest absolute Gasteiger partial charge is 0.231 e. The molecule has 1 amide bonds. The Morgan fingerprint density at radius 1 is 1.15 bits per heavy atom. The Kier molecular flexibility index (Phi) is 6.03. The van der Waals surface area contributed by atoms with E-state index in [1.807, 2.05) is 18.2 Å². The van der Waals surface area contributed by atoms with E-state index in [-0.39, 0.29) is 25.7 Å². The third-order valence-corrected chi connectivity index (χ3v) is 4.43. The van der Waals surface area contributed by atoms with E-state index in [2.05, 4.69) is 5.32 Å². The molecule has 0 unspecified atom stereocenters. The normalized spacial score (nSPS) is 12.0. The Morgan fingerprint density at radius 3 is 2.70 bits per heavy atom. The Hall–Kier alpha value is -2.93. The Balaban J connectivity index is 1.56. The molecule has 1 heterocycles. The summed E-state index contributed by atoms with van der Waals surface area (Å²) in [7, 11) is 3.18. The average molecular weight is 373 g/mol. The van der Waals surface area contributed by atoms with Gasteiger partial charge in [-0.3, -0.25) is 4.79 Å². The molecule has 2 aromatic carbocycles. The second-order valence-corrected chi connectivity index (χ2v) is 6.06. The van der Waals surface area contributed by atoms with Gasteiger partial charge in [0, 0.05) is 12.1 Å². The van der Waals surface area contributed by atoms with Crippen LogP contribution in [0.15, 0.2) is 30.3 Å². The van der Waals surface area contributed by atoms with Crippen LogP contribution in [0.2, 0.25) is 0 Å². The second kappa shape index (κ2) is 8.64. The van der Waals surface area contributed by atoms with Gasteiger partial charge in [-0.1, -0.05) is 12.1 Å². The number of carbonyl (C=O) groups is 1. The zero-order valence-corrected chi connectivity index (χ0v) is 15.4. The van der Waals surface area contributed by atoms with Crippen molar-refractivity contribution in [3.05, 3.63) is 47.0 Å². The number of rotatable bonds is 8. The van der Waals surface area contributed by atoms with E-state index < -0.39 is 0 Å². The van der Waals surface area contributed by atoms with Crippen LogP contribution in [0.4, 0.5) is 0 Å². The predicted molar refractivity (Wildman–Crippen MR) is 98.5 cm³/mol. The molecular formula is C20H23NO6. The van der Waals surface area contributed by atoms with Gasteiger partial charge in [0.05, 0.1) is 27.2 Å². The van der Waals surface area contributed by atoms with Crippen molar-refractivity contribution in [1.29, 1.82) is 0 Å². The van der Waals surface area contributed by atoms with Crippen LogP contribution >= 0.6 is 0 Å². The van der Waals surface area contributed by atoms with Gasteiger partial charge in [-0.05, 0) is 35.7 Å². The van der Waals surface area contributed by atoms with Gasteiger partial charge in [-0.2, -0.15) is 0 Å². The number of fused-ring (bicyclic) bond motifs is 1. The minimum absolute atomic E-state index is 0.121.